The number of hydrogen-bond donors (Lipinski definition) is 2. The normalized spacial score (nSPS) is 11.0. The lowest BCUT2D eigenvalue weighted by molar-refractivity contribution is -0.135. The number of halogens is 3. The van der Waals surface area contributed by atoms with Crippen molar-refractivity contribution in [2.24, 2.45) is 0 Å². The van der Waals surface area contributed by atoms with Crippen LogP contribution >= 0.6 is 23.2 Å². The molecule has 0 aliphatic carbocycles. The summed E-state index contributed by atoms with van der Waals surface area (Å²) in [5, 5.41) is 19.4. The van der Waals surface area contributed by atoms with E-state index in [1.807, 2.05) is 0 Å². The first-order chi connectivity index (χ1) is 12.1. The highest BCUT2D eigenvalue weighted by atomic mass is 35.5. The molecule has 0 aliphatic heterocycles. The Balaban J connectivity index is 2.39. The Morgan fingerprint density at radius 1 is 1.23 bits per heavy atom. The van der Waals surface area contributed by atoms with Crippen molar-refractivity contribution in [2.75, 3.05) is 18.5 Å². The zero-order valence-electron chi connectivity index (χ0n) is 14.7. The minimum Gasteiger partial charge on any atom is -0.508 e. The maximum Gasteiger partial charge on any atom is 0.323 e. The van der Waals surface area contributed by atoms with E-state index in [9.17, 15) is 14.3 Å². The highest BCUT2D eigenvalue weighted by Crippen LogP contribution is 2.35. The number of carbonyl (C=O) groups is 1. The molecule has 26 heavy (non-hydrogen) atoms. The lowest BCUT2D eigenvalue weighted by atomic mass is 9.95. The molecule has 0 aromatic heterocycles. The summed E-state index contributed by atoms with van der Waals surface area (Å²) in [5.41, 5.74) is 1.73. The predicted molar refractivity (Wildman–Crippen MR) is 102 cm³/mol. The smallest absolute Gasteiger partial charge is 0.323 e. The number of aromatic hydroxyl groups is 1. The topological polar surface area (TPSA) is 60.8 Å². The van der Waals surface area contributed by atoms with E-state index in [-0.39, 0.29) is 30.2 Å². The fraction of sp³-hybridized carbons (Fsp3) is 0.316. The molecule has 0 atom stereocenters. The van der Waals surface area contributed by atoms with E-state index in [0.29, 0.717) is 26.9 Å². The van der Waals surface area contributed by atoms with Crippen LogP contribution in [0.3, 0.4) is 0 Å². The van der Waals surface area contributed by atoms with Gasteiger partial charge in [0.25, 0.3) is 0 Å². The van der Waals surface area contributed by atoms with Gasteiger partial charge in [0.15, 0.2) is 0 Å². The number of benzene rings is 2. The number of anilines is 1. The maximum atomic E-state index is 14.8. The molecule has 0 fully saturated rings. The second kappa shape index (κ2) is 8.14. The van der Waals surface area contributed by atoms with Crippen molar-refractivity contribution in [3.8, 4) is 5.75 Å². The molecule has 4 nitrogen and oxygen atoms in total. The largest absolute Gasteiger partial charge is 0.508 e. The van der Waals surface area contributed by atoms with Crippen molar-refractivity contribution >= 4 is 34.9 Å². The summed E-state index contributed by atoms with van der Waals surface area (Å²) in [4.78, 5) is 12.3. The summed E-state index contributed by atoms with van der Waals surface area (Å²) >= 11 is 12.6. The minimum atomic E-state index is -0.976. The van der Waals surface area contributed by atoms with Crippen LogP contribution in [0, 0.1) is 5.82 Å². The van der Waals surface area contributed by atoms with E-state index in [1.54, 1.807) is 33.0 Å². The maximum absolute atomic E-state index is 14.8. The fourth-order valence-electron chi connectivity index (χ4n) is 2.78. The molecule has 140 valence electrons. The van der Waals surface area contributed by atoms with Crippen molar-refractivity contribution in [2.45, 2.75) is 26.2 Å². The van der Waals surface area contributed by atoms with E-state index in [4.69, 9.17) is 28.3 Å². The van der Waals surface area contributed by atoms with Gasteiger partial charge in [0, 0.05) is 34.8 Å². The molecule has 0 radical (unpaired) electrons. The molecule has 2 aromatic rings. The molecule has 2 aromatic carbocycles. The van der Waals surface area contributed by atoms with Gasteiger partial charge in [-0.15, -0.1) is 0 Å². The highest BCUT2D eigenvalue weighted by molar-refractivity contribution is 6.36. The molecular formula is C19H20Cl2FNO3. The van der Waals surface area contributed by atoms with Gasteiger partial charge in [-0.2, -0.15) is 0 Å². The van der Waals surface area contributed by atoms with Gasteiger partial charge in [0.1, 0.15) is 18.1 Å². The summed E-state index contributed by atoms with van der Waals surface area (Å²) in [6, 6.07) is 6.18. The number of likely N-dealkylation sites (N-methyl/N-ethyl adjacent to an activating group) is 1. The van der Waals surface area contributed by atoms with E-state index in [2.05, 4.69) is 0 Å². The number of carboxylic acids is 1. The van der Waals surface area contributed by atoms with Crippen LogP contribution in [0.1, 0.15) is 36.5 Å². The SMILES string of the molecule is CC(C)c1c(O)ccc(Cc2c(Cl)cc(N(C)CC(=O)O)cc2Cl)c1F. The second-order valence-corrected chi connectivity index (χ2v) is 7.26. The van der Waals surface area contributed by atoms with Crippen LogP contribution in [0.25, 0.3) is 0 Å². The molecule has 0 amide bonds. The van der Waals surface area contributed by atoms with E-state index in [1.165, 1.54) is 17.0 Å². The molecule has 0 bridgehead atoms. The third-order valence-electron chi connectivity index (χ3n) is 4.12. The van der Waals surface area contributed by atoms with Gasteiger partial charge < -0.3 is 15.1 Å². The molecule has 0 unspecified atom stereocenters. The summed E-state index contributed by atoms with van der Waals surface area (Å²) in [7, 11) is 1.62. The Labute approximate surface area is 161 Å². The summed E-state index contributed by atoms with van der Waals surface area (Å²) in [5.74, 6) is -1.70. The number of rotatable bonds is 6. The van der Waals surface area contributed by atoms with Gasteiger partial charge in [-0.25, -0.2) is 4.39 Å². The Morgan fingerprint density at radius 2 is 1.81 bits per heavy atom. The standard InChI is InChI=1S/C19H20Cl2FNO3/c1-10(2)18-16(24)5-4-11(19(18)22)6-13-14(20)7-12(8-15(13)21)23(3)9-17(25)26/h4-5,7-8,10,24H,6,9H2,1-3H3,(H,25,26). The third kappa shape index (κ3) is 4.40. The van der Waals surface area contributed by atoms with Crippen molar-refractivity contribution in [1.29, 1.82) is 0 Å². The molecule has 0 aliphatic rings. The molecule has 0 heterocycles. The monoisotopic (exact) mass is 399 g/mol. The lowest BCUT2D eigenvalue weighted by Crippen LogP contribution is -2.25. The first-order valence-corrected chi connectivity index (χ1v) is 8.78. The van der Waals surface area contributed by atoms with Crippen LogP contribution in [-0.2, 0) is 11.2 Å². The average Bonchev–Trinajstić information content (AvgIpc) is 2.51. The summed E-state index contributed by atoms with van der Waals surface area (Å²) in [6.07, 6.45) is 0.159. The van der Waals surface area contributed by atoms with Gasteiger partial charge in [-0.3, -0.25) is 4.79 Å². The number of aliphatic carboxylic acids is 1. The van der Waals surface area contributed by atoms with Crippen LogP contribution in [0.2, 0.25) is 10.0 Å². The number of phenolic OH excluding ortho intramolecular Hbond substituents is 1. The number of hydrogen-bond acceptors (Lipinski definition) is 3. The zero-order valence-corrected chi connectivity index (χ0v) is 16.2. The van der Waals surface area contributed by atoms with Crippen LogP contribution < -0.4 is 4.90 Å². The van der Waals surface area contributed by atoms with Crippen LogP contribution in [0.15, 0.2) is 24.3 Å². The summed E-state index contributed by atoms with van der Waals surface area (Å²) < 4.78 is 14.8. The van der Waals surface area contributed by atoms with Crippen LogP contribution in [0.4, 0.5) is 10.1 Å². The lowest BCUT2D eigenvalue weighted by Gasteiger charge is -2.19. The fourth-order valence-corrected chi connectivity index (χ4v) is 3.39. The highest BCUT2D eigenvalue weighted by Gasteiger charge is 2.19. The predicted octanol–water partition coefficient (Wildman–Crippen LogP) is 5.07. The van der Waals surface area contributed by atoms with Crippen molar-refractivity contribution in [1.82, 2.24) is 0 Å². The molecule has 2 rings (SSSR count). The minimum absolute atomic E-state index is 0.0795. The van der Waals surface area contributed by atoms with Gasteiger partial charge in [0.05, 0.1) is 0 Å². The van der Waals surface area contributed by atoms with Crippen LogP contribution in [0.5, 0.6) is 5.75 Å². The van der Waals surface area contributed by atoms with Crippen molar-refractivity contribution in [3.63, 3.8) is 0 Å². The number of phenols is 1. The molecule has 0 spiro atoms. The Hall–Kier alpha value is -1.98. The van der Waals surface area contributed by atoms with Gasteiger partial charge in [-0.1, -0.05) is 43.1 Å². The van der Waals surface area contributed by atoms with E-state index in [0.717, 1.165) is 0 Å². The van der Waals surface area contributed by atoms with Gasteiger partial charge in [-0.05, 0) is 35.2 Å². The van der Waals surface area contributed by atoms with Crippen molar-refractivity contribution < 1.29 is 19.4 Å². The first kappa shape index (κ1) is 20.3. The average molecular weight is 400 g/mol. The molecular weight excluding hydrogens is 380 g/mol. The molecule has 0 saturated carbocycles. The van der Waals surface area contributed by atoms with E-state index < -0.39 is 11.8 Å². The van der Waals surface area contributed by atoms with E-state index >= 15 is 0 Å². The summed E-state index contributed by atoms with van der Waals surface area (Å²) in [6.45, 7) is 3.40. The zero-order chi connectivity index (χ0) is 19.6. The number of carboxylic acid groups (broad SMARTS) is 1. The second-order valence-electron chi connectivity index (χ2n) is 6.44. The molecule has 0 saturated heterocycles. The van der Waals surface area contributed by atoms with Gasteiger partial charge in [0.2, 0.25) is 0 Å². The van der Waals surface area contributed by atoms with Crippen molar-refractivity contribution in [3.05, 3.63) is 56.8 Å². The van der Waals surface area contributed by atoms with Crippen LogP contribution in [-0.4, -0.2) is 29.8 Å². The third-order valence-corrected chi connectivity index (χ3v) is 4.79. The molecule has 7 heteroatoms. The quantitative estimate of drug-likeness (QED) is 0.711. The Bertz CT molecular complexity index is 817. The van der Waals surface area contributed by atoms with Gasteiger partial charge >= 0.3 is 5.97 Å². The Morgan fingerprint density at radius 3 is 2.31 bits per heavy atom. The Kier molecular flexibility index (Phi) is 6.37. The first-order valence-electron chi connectivity index (χ1n) is 8.02. The number of nitrogens with zero attached hydrogens (tertiary/aromatic N) is 1. The molecule has 2 N–H and O–H groups in total.